The number of ether oxygens (including phenoxy) is 1. The molecule has 148 valence electrons. The Morgan fingerprint density at radius 1 is 1.14 bits per heavy atom. The first kappa shape index (κ1) is 19.0. The van der Waals surface area contributed by atoms with E-state index in [0.29, 0.717) is 5.58 Å². The SMILES string of the molecule is COc1cc(CO)cc2onc(CCC3CCN(Cc4ccccc4)CC3)c12. The second-order valence-corrected chi connectivity index (χ2v) is 7.70. The van der Waals surface area contributed by atoms with Crippen molar-refractivity contribution in [2.24, 2.45) is 5.92 Å². The average Bonchev–Trinajstić information content (AvgIpc) is 3.16. The van der Waals surface area contributed by atoms with Gasteiger partial charge in [0.15, 0.2) is 5.58 Å². The van der Waals surface area contributed by atoms with E-state index in [2.05, 4.69) is 40.4 Å². The molecule has 0 spiro atoms. The summed E-state index contributed by atoms with van der Waals surface area (Å²) in [6, 6.07) is 14.4. The monoisotopic (exact) mass is 380 g/mol. The van der Waals surface area contributed by atoms with Crippen LogP contribution < -0.4 is 4.74 Å². The lowest BCUT2D eigenvalue weighted by Gasteiger charge is -2.32. The number of rotatable bonds is 7. The fraction of sp³-hybridized carbons (Fsp3) is 0.435. The number of likely N-dealkylation sites (tertiary alicyclic amines) is 1. The molecular weight excluding hydrogens is 352 g/mol. The molecule has 5 nitrogen and oxygen atoms in total. The number of benzene rings is 2. The zero-order chi connectivity index (χ0) is 19.3. The molecule has 0 atom stereocenters. The van der Waals surface area contributed by atoms with Crippen molar-refractivity contribution in [2.75, 3.05) is 20.2 Å². The van der Waals surface area contributed by atoms with E-state index in [1.54, 1.807) is 7.11 Å². The molecule has 0 radical (unpaired) electrons. The minimum Gasteiger partial charge on any atom is -0.496 e. The predicted octanol–water partition coefficient (Wildman–Crippen LogP) is 4.17. The topological polar surface area (TPSA) is 58.7 Å². The quantitative estimate of drug-likeness (QED) is 0.666. The first-order valence-electron chi connectivity index (χ1n) is 10.1. The molecule has 5 heteroatoms. The minimum atomic E-state index is -0.0378. The van der Waals surface area contributed by atoms with Gasteiger partial charge in [-0.15, -0.1) is 0 Å². The lowest BCUT2D eigenvalue weighted by Crippen LogP contribution is -2.33. The van der Waals surface area contributed by atoms with Crippen LogP contribution in [0.15, 0.2) is 47.0 Å². The van der Waals surface area contributed by atoms with Crippen molar-refractivity contribution in [2.45, 2.75) is 38.8 Å². The van der Waals surface area contributed by atoms with Crippen molar-refractivity contribution in [1.29, 1.82) is 0 Å². The van der Waals surface area contributed by atoms with Crippen LogP contribution in [0, 0.1) is 5.92 Å². The maximum Gasteiger partial charge on any atom is 0.171 e. The summed E-state index contributed by atoms with van der Waals surface area (Å²) in [5.41, 5.74) is 3.82. The van der Waals surface area contributed by atoms with E-state index in [0.717, 1.165) is 60.8 Å². The fourth-order valence-electron chi connectivity index (χ4n) is 4.19. The van der Waals surface area contributed by atoms with Gasteiger partial charge in [0.05, 0.1) is 24.8 Å². The molecule has 1 N–H and O–H groups in total. The highest BCUT2D eigenvalue weighted by Crippen LogP contribution is 2.32. The number of aliphatic hydroxyl groups excluding tert-OH is 1. The Balaban J connectivity index is 1.34. The van der Waals surface area contributed by atoms with Gasteiger partial charge >= 0.3 is 0 Å². The van der Waals surface area contributed by atoms with Gasteiger partial charge in [-0.25, -0.2) is 0 Å². The van der Waals surface area contributed by atoms with E-state index in [1.807, 2.05) is 12.1 Å². The molecule has 0 saturated carbocycles. The summed E-state index contributed by atoms with van der Waals surface area (Å²) in [5, 5.41) is 14.6. The van der Waals surface area contributed by atoms with Crippen molar-refractivity contribution in [1.82, 2.24) is 10.1 Å². The summed E-state index contributed by atoms with van der Waals surface area (Å²) in [4.78, 5) is 2.55. The van der Waals surface area contributed by atoms with Crippen molar-refractivity contribution in [3.05, 3.63) is 59.3 Å². The number of nitrogens with zero attached hydrogens (tertiary/aromatic N) is 2. The third-order valence-electron chi connectivity index (χ3n) is 5.82. The van der Waals surface area contributed by atoms with Crippen molar-refractivity contribution in [3.63, 3.8) is 0 Å². The average molecular weight is 380 g/mol. The molecule has 1 aliphatic rings. The molecule has 0 bridgehead atoms. The van der Waals surface area contributed by atoms with Crippen LogP contribution in [0.1, 0.15) is 36.1 Å². The van der Waals surface area contributed by atoms with Crippen LogP contribution in [0.25, 0.3) is 11.0 Å². The van der Waals surface area contributed by atoms with Gasteiger partial charge in [0.1, 0.15) is 5.75 Å². The third kappa shape index (κ3) is 4.21. The van der Waals surface area contributed by atoms with Crippen LogP contribution in [0.2, 0.25) is 0 Å². The van der Waals surface area contributed by atoms with Crippen LogP contribution in [0.4, 0.5) is 0 Å². The maximum absolute atomic E-state index is 9.39. The lowest BCUT2D eigenvalue weighted by atomic mass is 9.91. The largest absolute Gasteiger partial charge is 0.496 e. The van der Waals surface area contributed by atoms with Gasteiger partial charge in [0, 0.05) is 6.54 Å². The second-order valence-electron chi connectivity index (χ2n) is 7.70. The van der Waals surface area contributed by atoms with Gasteiger partial charge in [-0.05, 0) is 68.0 Å². The molecule has 3 aromatic rings. The fourth-order valence-corrected chi connectivity index (χ4v) is 4.19. The molecule has 1 aliphatic heterocycles. The Morgan fingerprint density at radius 2 is 1.93 bits per heavy atom. The number of hydrogen-bond donors (Lipinski definition) is 1. The molecule has 4 rings (SSSR count). The van der Waals surface area contributed by atoms with E-state index in [-0.39, 0.29) is 6.61 Å². The predicted molar refractivity (Wildman–Crippen MR) is 109 cm³/mol. The summed E-state index contributed by atoms with van der Waals surface area (Å²) in [6.07, 6.45) is 4.47. The van der Waals surface area contributed by atoms with Gasteiger partial charge in [-0.2, -0.15) is 0 Å². The molecule has 0 amide bonds. The van der Waals surface area contributed by atoms with Crippen molar-refractivity contribution < 1.29 is 14.4 Å². The molecule has 1 aromatic heterocycles. The van der Waals surface area contributed by atoms with Crippen LogP contribution >= 0.6 is 0 Å². The summed E-state index contributed by atoms with van der Waals surface area (Å²) in [6.45, 7) is 3.32. The minimum absolute atomic E-state index is 0.0378. The Hall–Kier alpha value is -2.37. The molecular formula is C23H28N2O3. The number of fused-ring (bicyclic) bond motifs is 1. The Kier molecular flexibility index (Phi) is 5.93. The van der Waals surface area contributed by atoms with Crippen LogP contribution in [-0.2, 0) is 19.6 Å². The zero-order valence-electron chi connectivity index (χ0n) is 16.4. The van der Waals surface area contributed by atoms with Crippen LogP contribution in [0.3, 0.4) is 0 Å². The number of aromatic nitrogens is 1. The van der Waals surface area contributed by atoms with Gasteiger partial charge < -0.3 is 14.4 Å². The van der Waals surface area contributed by atoms with E-state index < -0.39 is 0 Å². The van der Waals surface area contributed by atoms with Gasteiger partial charge in [-0.3, -0.25) is 4.90 Å². The Labute approximate surface area is 165 Å². The van der Waals surface area contributed by atoms with Crippen molar-refractivity contribution in [3.8, 4) is 5.75 Å². The summed E-state index contributed by atoms with van der Waals surface area (Å²) in [5.74, 6) is 1.46. The standard InChI is InChI=1S/C23H28N2O3/c1-27-21-13-19(16-26)14-22-23(21)20(24-28-22)8-7-17-9-11-25(12-10-17)15-18-5-3-2-4-6-18/h2-6,13-14,17,26H,7-12,15-16H2,1H3. The van der Waals surface area contributed by atoms with E-state index in [9.17, 15) is 5.11 Å². The first-order valence-corrected chi connectivity index (χ1v) is 10.1. The van der Waals surface area contributed by atoms with E-state index >= 15 is 0 Å². The van der Waals surface area contributed by atoms with Gasteiger partial charge in [-0.1, -0.05) is 35.5 Å². The van der Waals surface area contributed by atoms with Crippen LogP contribution in [-0.4, -0.2) is 35.4 Å². The van der Waals surface area contributed by atoms with Gasteiger partial charge in [0.25, 0.3) is 0 Å². The number of aliphatic hydroxyl groups is 1. The Bertz CT molecular complexity index is 899. The zero-order valence-corrected chi connectivity index (χ0v) is 16.4. The van der Waals surface area contributed by atoms with E-state index in [1.165, 1.54) is 18.4 Å². The highest BCUT2D eigenvalue weighted by Gasteiger charge is 2.21. The molecule has 0 unspecified atom stereocenters. The normalized spacial score (nSPS) is 15.9. The molecule has 2 aromatic carbocycles. The number of piperidine rings is 1. The molecule has 2 heterocycles. The van der Waals surface area contributed by atoms with E-state index in [4.69, 9.17) is 9.26 Å². The summed E-state index contributed by atoms with van der Waals surface area (Å²) < 4.78 is 11.0. The Morgan fingerprint density at radius 3 is 2.64 bits per heavy atom. The molecule has 1 saturated heterocycles. The molecule has 0 aliphatic carbocycles. The van der Waals surface area contributed by atoms with Crippen molar-refractivity contribution >= 4 is 11.0 Å². The number of aryl methyl sites for hydroxylation is 1. The highest BCUT2D eigenvalue weighted by atomic mass is 16.5. The number of hydrogen-bond acceptors (Lipinski definition) is 5. The third-order valence-corrected chi connectivity index (χ3v) is 5.82. The summed E-state index contributed by atoms with van der Waals surface area (Å²) in [7, 11) is 1.65. The smallest absolute Gasteiger partial charge is 0.171 e. The maximum atomic E-state index is 9.39. The highest BCUT2D eigenvalue weighted by molar-refractivity contribution is 5.87. The molecule has 1 fully saturated rings. The van der Waals surface area contributed by atoms with Gasteiger partial charge in [0.2, 0.25) is 0 Å². The molecule has 28 heavy (non-hydrogen) atoms. The lowest BCUT2D eigenvalue weighted by molar-refractivity contribution is 0.172. The van der Waals surface area contributed by atoms with Crippen LogP contribution in [0.5, 0.6) is 5.75 Å². The number of methoxy groups -OCH3 is 1. The summed E-state index contributed by atoms with van der Waals surface area (Å²) >= 11 is 0. The first-order chi connectivity index (χ1) is 13.8. The second kappa shape index (κ2) is 8.76.